The minimum absolute atomic E-state index is 0.0487. The third kappa shape index (κ3) is 2.81. The molecular weight excluding hydrogens is 358 g/mol. The number of benzene rings is 1. The van der Waals surface area contributed by atoms with E-state index in [0.29, 0.717) is 23.0 Å². The highest BCUT2D eigenvalue weighted by atomic mass is 32.1. The van der Waals surface area contributed by atoms with Gasteiger partial charge in [0.2, 0.25) is 0 Å². The van der Waals surface area contributed by atoms with Crippen LogP contribution < -0.4 is 10.9 Å². The van der Waals surface area contributed by atoms with Crippen LogP contribution >= 0.6 is 11.3 Å². The lowest BCUT2D eigenvalue weighted by atomic mass is 10.1. The fourth-order valence-electron chi connectivity index (χ4n) is 3.89. The molecule has 1 aliphatic carbocycles. The van der Waals surface area contributed by atoms with Crippen molar-refractivity contribution in [2.24, 2.45) is 0 Å². The first-order chi connectivity index (χ1) is 13.2. The zero-order chi connectivity index (χ0) is 18.4. The summed E-state index contributed by atoms with van der Waals surface area (Å²) in [5, 5.41) is 6.16. The maximum atomic E-state index is 12.8. The second kappa shape index (κ2) is 6.48. The number of aromatic nitrogens is 2. The minimum atomic E-state index is -0.122. The molecule has 5 rings (SSSR count). The second-order valence-electron chi connectivity index (χ2n) is 6.94. The average Bonchev–Trinajstić information content (AvgIpc) is 3.41. The molecule has 0 bridgehead atoms. The molecular formula is C21H19N3O2S. The number of nitrogens with zero attached hydrogens (tertiary/aromatic N) is 1. The van der Waals surface area contributed by atoms with E-state index >= 15 is 0 Å². The molecule has 136 valence electrons. The van der Waals surface area contributed by atoms with Crippen molar-refractivity contribution in [2.75, 3.05) is 0 Å². The zero-order valence-electron chi connectivity index (χ0n) is 14.9. The minimum Gasteiger partial charge on any atom is -0.464 e. The molecule has 2 N–H and O–H groups in total. The van der Waals surface area contributed by atoms with E-state index in [1.54, 1.807) is 6.26 Å². The Bertz CT molecular complexity index is 1160. The molecule has 0 radical (unpaired) electrons. The van der Waals surface area contributed by atoms with Crippen molar-refractivity contribution in [3.05, 3.63) is 75.3 Å². The Kier molecular flexibility index (Phi) is 3.95. The predicted molar refractivity (Wildman–Crippen MR) is 107 cm³/mol. The molecule has 0 spiro atoms. The van der Waals surface area contributed by atoms with Crippen LogP contribution in [0.3, 0.4) is 0 Å². The molecule has 5 nitrogen and oxygen atoms in total. The molecule has 2 atom stereocenters. The molecule has 1 aliphatic rings. The summed E-state index contributed by atoms with van der Waals surface area (Å²) in [6.45, 7) is 2.05. The molecule has 0 aliphatic heterocycles. The summed E-state index contributed by atoms with van der Waals surface area (Å²) in [7, 11) is 0. The van der Waals surface area contributed by atoms with Crippen molar-refractivity contribution in [3.8, 4) is 11.3 Å². The van der Waals surface area contributed by atoms with E-state index in [4.69, 9.17) is 9.40 Å². The van der Waals surface area contributed by atoms with Gasteiger partial charge in [0.1, 0.15) is 16.4 Å². The lowest BCUT2D eigenvalue weighted by molar-refractivity contribution is 0.450. The number of furan rings is 1. The van der Waals surface area contributed by atoms with Crippen LogP contribution in [-0.2, 0) is 6.42 Å². The standard InChI is InChI=1S/C21H19N3O2S/c1-12(22-16-9-8-13-5-2-3-6-14(13)16)19-23-20(25)18-15(11-27-21(18)24-19)17-7-4-10-26-17/h2-7,10-12,16,22H,8-9H2,1H3,(H,23,24,25)/t12-,16+/m1/s1. The normalized spacial score (nSPS) is 17.3. The Labute approximate surface area is 160 Å². The number of H-pyrrole nitrogens is 1. The Balaban J connectivity index is 1.46. The summed E-state index contributed by atoms with van der Waals surface area (Å²) < 4.78 is 5.45. The summed E-state index contributed by atoms with van der Waals surface area (Å²) in [5.41, 5.74) is 3.43. The van der Waals surface area contributed by atoms with E-state index in [2.05, 4.69) is 34.6 Å². The van der Waals surface area contributed by atoms with Gasteiger partial charge in [-0.2, -0.15) is 0 Å². The largest absolute Gasteiger partial charge is 0.464 e. The summed E-state index contributed by atoms with van der Waals surface area (Å²) in [5.74, 6) is 1.36. The number of nitrogens with one attached hydrogen (secondary N) is 2. The molecule has 0 saturated heterocycles. The van der Waals surface area contributed by atoms with Crippen LogP contribution in [-0.4, -0.2) is 9.97 Å². The molecule has 0 amide bonds. The Morgan fingerprint density at radius 1 is 1.30 bits per heavy atom. The zero-order valence-corrected chi connectivity index (χ0v) is 15.7. The predicted octanol–water partition coefficient (Wildman–Crippen LogP) is 4.58. The Hall–Kier alpha value is -2.70. The van der Waals surface area contributed by atoms with Gasteiger partial charge in [0.05, 0.1) is 17.7 Å². The molecule has 3 heterocycles. The van der Waals surface area contributed by atoms with Gasteiger partial charge in [-0.15, -0.1) is 11.3 Å². The SMILES string of the molecule is C[C@@H](N[C@H]1CCc2ccccc21)c1nc2scc(-c3ccco3)c2c(=O)[nH]1. The van der Waals surface area contributed by atoms with Crippen LogP contribution in [0.1, 0.15) is 42.4 Å². The second-order valence-corrected chi connectivity index (χ2v) is 7.79. The van der Waals surface area contributed by atoms with Crippen LogP contribution in [0.15, 0.2) is 57.3 Å². The maximum absolute atomic E-state index is 12.8. The molecule has 4 aromatic rings. The smallest absolute Gasteiger partial charge is 0.260 e. The monoisotopic (exact) mass is 377 g/mol. The van der Waals surface area contributed by atoms with Crippen LogP contribution in [0.2, 0.25) is 0 Å². The highest BCUT2D eigenvalue weighted by molar-refractivity contribution is 7.17. The quantitative estimate of drug-likeness (QED) is 0.546. The molecule has 0 saturated carbocycles. The van der Waals surface area contributed by atoms with Crippen LogP contribution in [0.4, 0.5) is 0 Å². The first-order valence-corrected chi connectivity index (χ1v) is 9.98. The molecule has 0 fully saturated rings. The van der Waals surface area contributed by atoms with Gasteiger partial charge in [0.15, 0.2) is 0 Å². The van der Waals surface area contributed by atoms with Gasteiger partial charge in [-0.25, -0.2) is 4.98 Å². The Morgan fingerprint density at radius 2 is 2.19 bits per heavy atom. The number of aryl methyl sites for hydroxylation is 1. The van der Waals surface area contributed by atoms with Crippen LogP contribution in [0.25, 0.3) is 21.5 Å². The third-order valence-electron chi connectivity index (χ3n) is 5.24. The van der Waals surface area contributed by atoms with E-state index < -0.39 is 0 Å². The first-order valence-electron chi connectivity index (χ1n) is 9.10. The lowest BCUT2D eigenvalue weighted by Crippen LogP contribution is -2.26. The van der Waals surface area contributed by atoms with Crippen LogP contribution in [0.5, 0.6) is 0 Å². The summed E-state index contributed by atoms with van der Waals surface area (Å²) in [6.07, 6.45) is 3.76. The highest BCUT2D eigenvalue weighted by Gasteiger charge is 2.25. The first kappa shape index (κ1) is 16.5. The highest BCUT2D eigenvalue weighted by Crippen LogP contribution is 2.34. The number of hydrogen-bond acceptors (Lipinski definition) is 5. The topological polar surface area (TPSA) is 70.9 Å². The van der Waals surface area contributed by atoms with Crippen molar-refractivity contribution in [3.63, 3.8) is 0 Å². The van der Waals surface area contributed by atoms with Gasteiger partial charge in [-0.05, 0) is 43.0 Å². The van der Waals surface area contributed by atoms with E-state index in [-0.39, 0.29) is 11.6 Å². The van der Waals surface area contributed by atoms with Crippen molar-refractivity contribution in [1.82, 2.24) is 15.3 Å². The van der Waals surface area contributed by atoms with Gasteiger partial charge < -0.3 is 14.7 Å². The lowest BCUT2D eigenvalue weighted by Gasteiger charge is -2.19. The number of rotatable bonds is 4. The molecule has 3 aromatic heterocycles. The number of fused-ring (bicyclic) bond motifs is 2. The number of aromatic amines is 1. The summed E-state index contributed by atoms with van der Waals surface area (Å²) >= 11 is 1.47. The van der Waals surface area contributed by atoms with E-state index in [9.17, 15) is 4.79 Å². The average molecular weight is 377 g/mol. The maximum Gasteiger partial charge on any atom is 0.260 e. The van der Waals surface area contributed by atoms with Gasteiger partial charge >= 0.3 is 0 Å². The summed E-state index contributed by atoms with van der Waals surface area (Å²) in [6, 6.07) is 12.5. The molecule has 0 unspecified atom stereocenters. The van der Waals surface area contributed by atoms with E-state index in [1.165, 1.54) is 22.5 Å². The van der Waals surface area contributed by atoms with E-state index in [1.807, 2.05) is 24.4 Å². The number of hydrogen-bond donors (Lipinski definition) is 2. The third-order valence-corrected chi connectivity index (χ3v) is 6.12. The van der Waals surface area contributed by atoms with Gasteiger partial charge in [-0.1, -0.05) is 24.3 Å². The van der Waals surface area contributed by atoms with Crippen molar-refractivity contribution < 1.29 is 4.42 Å². The fourth-order valence-corrected chi connectivity index (χ4v) is 4.83. The van der Waals surface area contributed by atoms with Crippen molar-refractivity contribution in [2.45, 2.75) is 31.8 Å². The summed E-state index contributed by atoms with van der Waals surface area (Å²) in [4.78, 5) is 21.2. The Morgan fingerprint density at radius 3 is 3.04 bits per heavy atom. The van der Waals surface area contributed by atoms with E-state index in [0.717, 1.165) is 23.2 Å². The fraction of sp³-hybridized carbons (Fsp3) is 0.238. The van der Waals surface area contributed by atoms with Crippen LogP contribution in [0, 0.1) is 0 Å². The number of thiophene rings is 1. The van der Waals surface area contributed by atoms with Gasteiger partial charge in [0, 0.05) is 17.0 Å². The van der Waals surface area contributed by atoms with Crippen molar-refractivity contribution in [1.29, 1.82) is 0 Å². The van der Waals surface area contributed by atoms with Crippen molar-refractivity contribution >= 4 is 21.6 Å². The van der Waals surface area contributed by atoms with Gasteiger partial charge in [-0.3, -0.25) is 4.79 Å². The molecule has 1 aromatic carbocycles. The molecule has 27 heavy (non-hydrogen) atoms. The molecule has 6 heteroatoms. The van der Waals surface area contributed by atoms with Gasteiger partial charge in [0.25, 0.3) is 5.56 Å².